The largest absolute Gasteiger partial charge is 0.322 e. The number of fused-ring (bicyclic) bond motifs is 1. The molecule has 1 unspecified atom stereocenters. The first-order chi connectivity index (χ1) is 14.4. The van der Waals surface area contributed by atoms with E-state index in [-0.39, 0.29) is 18.2 Å². The maximum atomic E-state index is 12.8. The van der Waals surface area contributed by atoms with Crippen molar-refractivity contribution in [3.63, 3.8) is 0 Å². The number of rotatable bonds is 3. The fourth-order valence-corrected chi connectivity index (χ4v) is 4.41. The standard InChI is InChI=1S/C19H16BrN7O3/c1-25-8-13(20)17(23-25)14-9-27(24-22-14)11-2-3-12-10(6-11)7-26(19(12)30)15-4-5-16(28)21-18(15)29/h2-3,6,8-9,15H,4-5,7H2,1H3,(H,21,28,29). The first-order valence-corrected chi connectivity index (χ1v) is 10.1. The lowest BCUT2D eigenvalue weighted by Crippen LogP contribution is -2.52. The van der Waals surface area contributed by atoms with Gasteiger partial charge in [0.2, 0.25) is 11.8 Å². The third-order valence-electron chi connectivity index (χ3n) is 5.29. The van der Waals surface area contributed by atoms with E-state index in [1.807, 2.05) is 19.3 Å². The Morgan fingerprint density at radius 1 is 1.20 bits per heavy atom. The molecule has 0 aliphatic carbocycles. The zero-order valence-electron chi connectivity index (χ0n) is 15.9. The van der Waals surface area contributed by atoms with Gasteiger partial charge in [-0.1, -0.05) is 5.21 Å². The topological polar surface area (TPSA) is 115 Å². The Balaban J connectivity index is 1.42. The summed E-state index contributed by atoms with van der Waals surface area (Å²) < 4.78 is 4.12. The normalized spacial score (nSPS) is 18.7. The molecule has 3 amide bonds. The molecule has 0 bridgehead atoms. The maximum absolute atomic E-state index is 12.8. The average molecular weight is 470 g/mol. The van der Waals surface area contributed by atoms with E-state index in [9.17, 15) is 14.4 Å². The highest BCUT2D eigenvalue weighted by Gasteiger charge is 2.39. The van der Waals surface area contributed by atoms with Gasteiger partial charge in [-0.15, -0.1) is 5.10 Å². The van der Waals surface area contributed by atoms with Crippen molar-refractivity contribution in [2.24, 2.45) is 7.05 Å². The fourth-order valence-electron chi connectivity index (χ4n) is 3.83. The molecule has 10 nitrogen and oxygen atoms in total. The van der Waals surface area contributed by atoms with Crippen LogP contribution in [0.4, 0.5) is 0 Å². The van der Waals surface area contributed by atoms with Gasteiger partial charge in [0.15, 0.2) is 0 Å². The molecule has 0 radical (unpaired) electrons. The quantitative estimate of drug-likeness (QED) is 0.576. The highest BCUT2D eigenvalue weighted by atomic mass is 79.9. The number of benzene rings is 1. The summed E-state index contributed by atoms with van der Waals surface area (Å²) in [5.74, 6) is -0.929. The monoisotopic (exact) mass is 469 g/mol. The van der Waals surface area contributed by atoms with Gasteiger partial charge < -0.3 is 4.90 Å². The van der Waals surface area contributed by atoms with Crippen molar-refractivity contribution in [2.75, 3.05) is 0 Å². The lowest BCUT2D eigenvalue weighted by molar-refractivity contribution is -0.136. The Kier molecular flexibility index (Phi) is 4.28. The van der Waals surface area contributed by atoms with Gasteiger partial charge in [-0.3, -0.25) is 24.4 Å². The highest BCUT2D eigenvalue weighted by molar-refractivity contribution is 9.10. The van der Waals surface area contributed by atoms with Crippen LogP contribution in [-0.2, 0) is 23.2 Å². The second-order valence-electron chi connectivity index (χ2n) is 7.29. The first-order valence-electron chi connectivity index (χ1n) is 9.30. The van der Waals surface area contributed by atoms with Crippen molar-refractivity contribution in [2.45, 2.75) is 25.4 Å². The number of aromatic nitrogens is 5. The van der Waals surface area contributed by atoms with E-state index < -0.39 is 11.9 Å². The van der Waals surface area contributed by atoms with Crippen LogP contribution in [0.3, 0.4) is 0 Å². The maximum Gasteiger partial charge on any atom is 0.255 e. The molecule has 4 heterocycles. The van der Waals surface area contributed by atoms with Crippen LogP contribution in [0.25, 0.3) is 17.1 Å². The number of carbonyl (C=O) groups is 3. The molecule has 11 heteroatoms. The molecule has 2 aromatic heterocycles. The molecule has 5 rings (SSSR count). The smallest absolute Gasteiger partial charge is 0.255 e. The summed E-state index contributed by atoms with van der Waals surface area (Å²) in [4.78, 5) is 37.9. The Labute approximate surface area is 179 Å². The SMILES string of the molecule is Cn1cc(Br)c(-c2cn(-c3ccc4c(c3)CN(C3CCC(=O)NC3=O)C4=O)nn2)n1. The van der Waals surface area contributed by atoms with Crippen LogP contribution in [0.15, 0.2) is 35.1 Å². The number of nitrogens with one attached hydrogen (secondary N) is 1. The predicted molar refractivity (Wildman–Crippen MR) is 107 cm³/mol. The number of hydrogen-bond acceptors (Lipinski definition) is 6. The molecule has 1 atom stereocenters. The minimum Gasteiger partial charge on any atom is -0.322 e. The van der Waals surface area contributed by atoms with Gasteiger partial charge in [-0.2, -0.15) is 5.10 Å². The number of carbonyl (C=O) groups excluding carboxylic acids is 3. The molecule has 3 aromatic rings. The van der Waals surface area contributed by atoms with Gasteiger partial charge >= 0.3 is 0 Å². The third kappa shape index (κ3) is 3.02. The molecule has 1 fully saturated rings. The minimum absolute atomic E-state index is 0.206. The van der Waals surface area contributed by atoms with Crippen molar-refractivity contribution in [1.29, 1.82) is 0 Å². The number of amides is 3. The van der Waals surface area contributed by atoms with E-state index in [1.165, 1.54) is 4.90 Å². The van der Waals surface area contributed by atoms with Crippen molar-refractivity contribution in [3.8, 4) is 17.1 Å². The van der Waals surface area contributed by atoms with E-state index >= 15 is 0 Å². The molecule has 0 spiro atoms. The van der Waals surface area contributed by atoms with Crippen LogP contribution in [0, 0.1) is 0 Å². The van der Waals surface area contributed by atoms with Gasteiger partial charge in [-0.25, -0.2) is 4.68 Å². The van der Waals surface area contributed by atoms with E-state index in [0.717, 1.165) is 15.7 Å². The Morgan fingerprint density at radius 2 is 2.03 bits per heavy atom. The van der Waals surface area contributed by atoms with Crippen LogP contribution in [0.5, 0.6) is 0 Å². The number of imide groups is 1. The van der Waals surface area contributed by atoms with Gasteiger partial charge in [-0.05, 0) is 46.1 Å². The number of nitrogens with zero attached hydrogens (tertiary/aromatic N) is 6. The van der Waals surface area contributed by atoms with Crippen LogP contribution in [0.1, 0.15) is 28.8 Å². The molecular weight excluding hydrogens is 454 g/mol. The van der Waals surface area contributed by atoms with E-state index in [2.05, 4.69) is 36.7 Å². The fraction of sp³-hybridized carbons (Fsp3) is 0.263. The van der Waals surface area contributed by atoms with Crippen LogP contribution in [-0.4, -0.2) is 53.4 Å². The molecule has 30 heavy (non-hydrogen) atoms. The first kappa shape index (κ1) is 18.7. The molecule has 1 saturated heterocycles. The van der Waals surface area contributed by atoms with Crippen LogP contribution >= 0.6 is 15.9 Å². The molecule has 152 valence electrons. The highest BCUT2D eigenvalue weighted by Crippen LogP contribution is 2.30. The summed E-state index contributed by atoms with van der Waals surface area (Å²) in [6, 6.07) is 4.75. The third-order valence-corrected chi connectivity index (χ3v) is 5.87. The predicted octanol–water partition coefficient (Wildman–Crippen LogP) is 1.19. The molecular formula is C19H16BrN7O3. The minimum atomic E-state index is -0.634. The van der Waals surface area contributed by atoms with E-state index in [4.69, 9.17) is 0 Å². The zero-order chi connectivity index (χ0) is 21.0. The summed E-state index contributed by atoms with van der Waals surface area (Å²) in [6.45, 7) is 0.307. The Morgan fingerprint density at radius 3 is 2.77 bits per heavy atom. The second-order valence-corrected chi connectivity index (χ2v) is 8.14. The van der Waals surface area contributed by atoms with Crippen molar-refractivity contribution in [1.82, 2.24) is 35.0 Å². The van der Waals surface area contributed by atoms with Gasteiger partial charge in [0.25, 0.3) is 5.91 Å². The summed E-state index contributed by atoms with van der Waals surface area (Å²) in [7, 11) is 1.82. The average Bonchev–Trinajstić information content (AvgIpc) is 3.39. The van der Waals surface area contributed by atoms with Gasteiger partial charge in [0.05, 0.1) is 16.4 Å². The summed E-state index contributed by atoms with van der Waals surface area (Å²) >= 11 is 3.46. The summed E-state index contributed by atoms with van der Waals surface area (Å²) in [5, 5.41) is 15.1. The molecule has 1 aromatic carbocycles. The second kappa shape index (κ2) is 6.87. The number of piperidine rings is 1. The van der Waals surface area contributed by atoms with Gasteiger partial charge in [0.1, 0.15) is 17.4 Å². The van der Waals surface area contributed by atoms with E-state index in [1.54, 1.807) is 27.7 Å². The summed E-state index contributed by atoms with van der Waals surface area (Å²) in [5.41, 5.74) is 3.40. The molecule has 1 N–H and O–H groups in total. The number of aryl methyl sites for hydroxylation is 1. The Bertz CT molecular complexity index is 1210. The molecule has 2 aliphatic heterocycles. The lowest BCUT2D eigenvalue weighted by Gasteiger charge is -2.29. The zero-order valence-corrected chi connectivity index (χ0v) is 17.5. The van der Waals surface area contributed by atoms with Gasteiger partial charge in [0, 0.05) is 31.8 Å². The van der Waals surface area contributed by atoms with E-state index in [0.29, 0.717) is 29.9 Å². The van der Waals surface area contributed by atoms with Crippen molar-refractivity contribution >= 4 is 33.7 Å². The molecule has 0 saturated carbocycles. The van der Waals surface area contributed by atoms with Crippen LogP contribution < -0.4 is 5.32 Å². The number of halogens is 1. The van der Waals surface area contributed by atoms with Crippen molar-refractivity contribution in [3.05, 3.63) is 46.2 Å². The molecule has 2 aliphatic rings. The summed E-state index contributed by atoms with van der Waals surface area (Å²) in [6.07, 6.45) is 4.16. The lowest BCUT2D eigenvalue weighted by atomic mass is 10.0. The Hall–Kier alpha value is -3.34. The number of hydrogen-bond donors (Lipinski definition) is 1. The van der Waals surface area contributed by atoms with Crippen molar-refractivity contribution < 1.29 is 14.4 Å². The van der Waals surface area contributed by atoms with Crippen LogP contribution in [0.2, 0.25) is 0 Å².